The normalized spacial score (nSPS) is 18.4. The molecule has 1 atom stereocenters. The van der Waals surface area contributed by atoms with E-state index in [0.717, 1.165) is 36.4 Å². The Balaban J connectivity index is 1.28. The molecule has 0 radical (unpaired) electrons. The van der Waals surface area contributed by atoms with E-state index in [9.17, 15) is 4.79 Å². The summed E-state index contributed by atoms with van der Waals surface area (Å²) in [5.74, 6) is 1.88. The molecule has 0 N–H and O–H groups in total. The molecule has 0 bridgehead atoms. The van der Waals surface area contributed by atoms with Gasteiger partial charge in [0, 0.05) is 11.6 Å². The Kier molecular flexibility index (Phi) is 5.01. The molecule has 0 saturated carbocycles. The zero-order valence-corrected chi connectivity index (χ0v) is 17.2. The van der Waals surface area contributed by atoms with Crippen molar-refractivity contribution in [2.45, 2.75) is 24.1 Å². The van der Waals surface area contributed by atoms with Gasteiger partial charge in [-0.15, -0.1) is 0 Å². The summed E-state index contributed by atoms with van der Waals surface area (Å²) in [6.45, 7) is 1.87. The summed E-state index contributed by atoms with van der Waals surface area (Å²) in [6.07, 6.45) is 1.92. The largest absolute Gasteiger partial charge is 0.486 e. The molecule has 3 heterocycles. The fraction of sp³-hybridized carbons (Fsp3) is 0.333. The first kappa shape index (κ1) is 18.6. The Morgan fingerprint density at radius 2 is 2.03 bits per heavy atom. The van der Waals surface area contributed by atoms with E-state index < -0.39 is 0 Å². The molecule has 8 heteroatoms. The number of carbonyl (C=O) groups excluding carboxylic acids is 1. The van der Waals surface area contributed by atoms with Gasteiger partial charge in [-0.2, -0.15) is 0 Å². The molecule has 1 aromatic heterocycles. The first-order valence-corrected chi connectivity index (χ1v) is 10.9. The number of fused-ring (bicyclic) bond motifs is 2. The number of aromatic nitrogens is 1. The number of halogens is 1. The van der Waals surface area contributed by atoms with E-state index in [0.29, 0.717) is 34.6 Å². The van der Waals surface area contributed by atoms with Crippen molar-refractivity contribution in [1.29, 1.82) is 0 Å². The molecule has 1 saturated heterocycles. The van der Waals surface area contributed by atoms with Crippen LogP contribution in [0.5, 0.6) is 11.5 Å². The number of thioether (sulfide) groups is 1. The van der Waals surface area contributed by atoms with Crippen molar-refractivity contribution >= 4 is 40.4 Å². The number of benzene rings is 2. The lowest BCUT2D eigenvalue weighted by Crippen LogP contribution is -2.32. The van der Waals surface area contributed by atoms with Crippen LogP contribution in [0.25, 0.3) is 11.1 Å². The van der Waals surface area contributed by atoms with E-state index in [2.05, 4.69) is 4.98 Å². The van der Waals surface area contributed by atoms with Gasteiger partial charge >= 0.3 is 0 Å². The van der Waals surface area contributed by atoms with Gasteiger partial charge in [-0.25, -0.2) is 4.98 Å². The van der Waals surface area contributed by atoms with Crippen LogP contribution >= 0.6 is 23.4 Å². The lowest BCUT2D eigenvalue weighted by Gasteiger charge is -2.26. The number of carbonyl (C=O) groups is 1. The molecule has 29 heavy (non-hydrogen) atoms. The SMILES string of the molecule is O=C(CSc1nc2cc(Cl)ccc2o1)N1CCCC1c1ccc2c(c1)OCCO2. The van der Waals surface area contributed by atoms with Crippen molar-refractivity contribution in [3.8, 4) is 11.5 Å². The van der Waals surface area contributed by atoms with Crippen LogP contribution in [0.1, 0.15) is 24.4 Å². The lowest BCUT2D eigenvalue weighted by atomic mass is 10.0. The summed E-state index contributed by atoms with van der Waals surface area (Å²) in [5.41, 5.74) is 2.45. The fourth-order valence-electron chi connectivity index (χ4n) is 3.83. The van der Waals surface area contributed by atoms with E-state index in [1.54, 1.807) is 18.2 Å². The molecule has 2 aromatic carbocycles. The Morgan fingerprint density at radius 3 is 2.93 bits per heavy atom. The van der Waals surface area contributed by atoms with Crippen LogP contribution in [0.2, 0.25) is 5.02 Å². The van der Waals surface area contributed by atoms with Crippen molar-refractivity contribution in [1.82, 2.24) is 9.88 Å². The van der Waals surface area contributed by atoms with Crippen molar-refractivity contribution < 1.29 is 18.7 Å². The summed E-state index contributed by atoms with van der Waals surface area (Å²) < 4.78 is 17.0. The summed E-state index contributed by atoms with van der Waals surface area (Å²) in [6, 6.07) is 11.3. The summed E-state index contributed by atoms with van der Waals surface area (Å²) in [7, 11) is 0. The van der Waals surface area contributed by atoms with Gasteiger partial charge in [0.1, 0.15) is 18.7 Å². The quantitative estimate of drug-likeness (QED) is 0.558. The molecule has 1 amide bonds. The second-order valence-electron chi connectivity index (χ2n) is 7.03. The van der Waals surface area contributed by atoms with E-state index in [1.165, 1.54) is 11.8 Å². The highest BCUT2D eigenvalue weighted by Gasteiger charge is 2.31. The van der Waals surface area contributed by atoms with E-state index >= 15 is 0 Å². The van der Waals surface area contributed by atoms with Gasteiger partial charge in [0.2, 0.25) is 5.91 Å². The monoisotopic (exact) mass is 430 g/mol. The number of rotatable bonds is 4. The Hall–Kier alpha value is -2.38. The number of ether oxygens (including phenoxy) is 2. The first-order chi connectivity index (χ1) is 14.2. The smallest absolute Gasteiger partial charge is 0.257 e. The molecular formula is C21H19ClN2O4S. The van der Waals surface area contributed by atoms with Crippen LogP contribution in [-0.2, 0) is 4.79 Å². The molecule has 3 aromatic rings. The van der Waals surface area contributed by atoms with E-state index in [4.69, 9.17) is 25.5 Å². The number of nitrogens with zero attached hydrogens (tertiary/aromatic N) is 2. The van der Waals surface area contributed by atoms with Gasteiger partial charge in [-0.05, 0) is 48.7 Å². The van der Waals surface area contributed by atoms with Gasteiger partial charge < -0.3 is 18.8 Å². The fourth-order valence-corrected chi connectivity index (χ4v) is 4.72. The minimum Gasteiger partial charge on any atom is -0.486 e. The van der Waals surface area contributed by atoms with E-state index in [-0.39, 0.29) is 17.7 Å². The minimum absolute atomic E-state index is 0.0568. The van der Waals surface area contributed by atoms with Crippen LogP contribution in [-0.4, -0.2) is 41.3 Å². The van der Waals surface area contributed by atoms with Crippen LogP contribution in [0.15, 0.2) is 46.0 Å². The third-order valence-electron chi connectivity index (χ3n) is 5.17. The summed E-state index contributed by atoms with van der Waals surface area (Å²) >= 11 is 7.30. The second kappa shape index (κ2) is 7.80. The van der Waals surface area contributed by atoms with Crippen molar-refractivity contribution in [3.05, 3.63) is 47.0 Å². The van der Waals surface area contributed by atoms with Gasteiger partial charge in [0.15, 0.2) is 17.1 Å². The summed E-state index contributed by atoms with van der Waals surface area (Å²) in [5, 5.41) is 1.09. The van der Waals surface area contributed by atoms with Gasteiger partial charge in [-0.1, -0.05) is 29.4 Å². The predicted molar refractivity (Wildman–Crippen MR) is 111 cm³/mol. The summed E-state index contributed by atoms with van der Waals surface area (Å²) in [4.78, 5) is 19.3. The first-order valence-electron chi connectivity index (χ1n) is 9.55. The highest BCUT2D eigenvalue weighted by Crippen LogP contribution is 2.38. The topological polar surface area (TPSA) is 64.8 Å². The van der Waals surface area contributed by atoms with Crippen molar-refractivity contribution in [2.24, 2.45) is 0 Å². The number of hydrogen-bond donors (Lipinski definition) is 0. The second-order valence-corrected chi connectivity index (χ2v) is 8.39. The van der Waals surface area contributed by atoms with Gasteiger partial charge in [-0.3, -0.25) is 4.79 Å². The maximum Gasteiger partial charge on any atom is 0.257 e. The Morgan fingerprint density at radius 1 is 1.17 bits per heavy atom. The van der Waals surface area contributed by atoms with Crippen molar-refractivity contribution in [2.75, 3.05) is 25.5 Å². The Bertz CT molecular complexity index is 1070. The third kappa shape index (κ3) is 3.76. The number of likely N-dealkylation sites (tertiary alicyclic amines) is 1. The molecule has 1 unspecified atom stereocenters. The van der Waals surface area contributed by atoms with Gasteiger partial charge in [0.05, 0.1) is 11.8 Å². The highest BCUT2D eigenvalue weighted by molar-refractivity contribution is 7.99. The molecule has 2 aliphatic heterocycles. The average Bonchev–Trinajstić information content (AvgIpc) is 3.38. The molecule has 0 aliphatic carbocycles. The maximum absolute atomic E-state index is 12.9. The van der Waals surface area contributed by atoms with Crippen LogP contribution in [0, 0.1) is 0 Å². The number of amides is 1. The number of oxazole rings is 1. The molecule has 5 rings (SSSR count). The van der Waals surface area contributed by atoms with Crippen LogP contribution < -0.4 is 9.47 Å². The predicted octanol–water partition coefficient (Wildman–Crippen LogP) is 4.71. The number of hydrogen-bond acceptors (Lipinski definition) is 6. The zero-order valence-electron chi connectivity index (χ0n) is 15.6. The highest BCUT2D eigenvalue weighted by atomic mass is 35.5. The zero-order chi connectivity index (χ0) is 19.8. The van der Waals surface area contributed by atoms with Crippen LogP contribution in [0.4, 0.5) is 0 Å². The minimum atomic E-state index is 0.0568. The van der Waals surface area contributed by atoms with E-state index in [1.807, 2.05) is 23.1 Å². The molecule has 150 valence electrons. The third-order valence-corrected chi connectivity index (χ3v) is 6.22. The van der Waals surface area contributed by atoms with Gasteiger partial charge in [0.25, 0.3) is 5.22 Å². The Labute approximate surface area is 177 Å². The molecular weight excluding hydrogens is 412 g/mol. The maximum atomic E-state index is 12.9. The average molecular weight is 431 g/mol. The standard InChI is InChI=1S/C21H19ClN2O4S/c22-14-4-6-17-15(11-14)23-21(28-17)29-12-20(25)24-7-1-2-16(24)13-3-5-18-19(10-13)27-9-8-26-18/h3-6,10-11,16H,1-2,7-9,12H2. The molecule has 0 spiro atoms. The lowest BCUT2D eigenvalue weighted by molar-refractivity contribution is -0.129. The van der Waals surface area contributed by atoms with Crippen molar-refractivity contribution in [3.63, 3.8) is 0 Å². The molecule has 2 aliphatic rings. The van der Waals surface area contributed by atoms with Crippen LogP contribution in [0.3, 0.4) is 0 Å². The molecule has 6 nitrogen and oxygen atoms in total. The molecule has 1 fully saturated rings.